The summed E-state index contributed by atoms with van der Waals surface area (Å²) < 4.78 is 6.81. The Kier molecular flexibility index (Phi) is 4.17. The number of nitriles is 1. The zero-order valence-electron chi connectivity index (χ0n) is 12.9. The molecule has 7 nitrogen and oxygen atoms in total. The molecule has 0 amide bonds. The van der Waals surface area contributed by atoms with Gasteiger partial charge >= 0.3 is 0 Å². The molecule has 7 heteroatoms. The summed E-state index contributed by atoms with van der Waals surface area (Å²) in [5.41, 5.74) is 2.15. The fourth-order valence-corrected chi connectivity index (χ4v) is 2.34. The van der Waals surface area contributed by atoms with E-state index in [1.807, 2.05) is 13.0 Å². The van der Waals surface area contributed by atoms with E-state index in [0.29, 0.717) is 18.0 Å². The number of nitrogens with zero attached hydrogens (tertiary/aromatic N) is 5. The third-order valence-electron chi connectivity index (χ3n) is 3.36. The van der Waals surface area contributed by atoms with Crippen molar-refractivity contribution in [1.82, 2.24) is 19.6 Å². The second-order valence-corrected chi connectivity index (χ2v) is 5.18. The number of pyridine rings is 1. The predicted molar refractivity (Wildman–Crippen MR) is 85.9 cm³/mol. The molecule has 23 heavy (non-hydrogen) atoms. The molecule has 0 spiro atoms. The summed E-state index contributed by atoms with van der Waals surface area (Å²) in [6, 6.07) is 7.57. The maximum absolute atomic E-state index is 9.06. The monoisotopic (exact) mass is 308 g/mol. The van der Waals surface area contributed by atoms with Crippen LogP contribution in [0.25, 0.3) is 16.9 Å². The fraction of sp³-hybridized carbons (Fsp3) is 0.250. The van der Waals surface area contributed by atoms with Crippen LogP contribution in [0.3, 0.4) is 0 Å². The molecule has 0 saturated carbocycles. The van der Waals surface area contributed by atoms with E-state index in [1.54, 1.807) is 42.3 Å². The minimum atomic E-state index is 0.136. The first-order chi connectivity index (χ1) is 11.2. The highest BCUT2D eigenvalue weighted by Gasteiger charge is 2.11. The summed E-state index contributed by atoms with van der Waals surface area (Å²) in [5, 5.41) is 16.6. The third-order valence-corrected chi connectivity index (χ3v) is 3.36. The second kappa shape index (κ2) is 6.42. The highest BCUT2D eigenvalue weighted by Crippen LogP contribution is 2.22. The number of ether oxygens (including phenoxy) is 1. The smallest absolute Gasteiger partial charge is 0.165 e. The lowest BCUT2D eigenvalue weighted by Crippen LogP contribution is -2.21. The largest absolute Gasteiger partial charge is 0.383 e. The third kappa shape index (κ3) is 3.12. The molecule has 0 aliphatic heterocycles. The fourth-order valence-electron chi connectivity index (χ4n) is 2.34. The van der Waals surface area contributed by atoms with Crippen LogP contribution in [0.1, 0.15) is 12.5 Å². The van der Waals surface area contributed by atoms with Crippen molar-refractivity contribution in [3.8, 4) is 17.5 Å². The number of hydrogen-bond donors (Lipinski definition) is 1. The number of hydrogen-bond acceptors (Lipinski definition) is 6. The maximum atomic E-state index is 9.06. The molecule has 0 radical (unpaired) electrons. The highest BCUT2D eigenvalue weighted by atomic mass is 16.5. The van der Waals surface area contributed by atoms with Crippen LogP contribution >= 0.6 is 0 Å². The van der Waals surface area contributed by atoms with Crippen molar-refractivity contribution in [3.63, 3.8) is 0 Å². The first kappa shape index (κ1) is 14.9. The number of rotatable bonds is 5. The zero-order chi connectivity index (χ0) is 16.2. The first-order valence-electron chi connectivity index (χ1n) is 7.17. The molecule has 3 rings (SSSR count). The van der Waals surface area contributed by atoms with E-state index >= 15 is 0 Å². The Labute approximate surface area is 133 Å². The van der Waals surface area contributed by atoms with E-state index in [-0.39, 0.29) is 6.04 Å². The SMILES string of the molecule is COCC(C)Nc1ccnc(-c2cnn3ccc(C#N)cc23)n1. The van der Waals surface area contributed by atoms with Crippen LogP contribution in [-0.2, 0) is 4.74 Å². The average molecular weight is 308 g/mol. The molecule has 0 bridgehead atoms. The molecule has 0 aromatic carbocycles. The van der Waals surface area contributed by atoms with Gasteiger partial charge in [0.05, 0.1) is 35.5 Å². The molecule has 1 N–H and O–H groups in total. The molecule has 0 saturated heterocycles. The van der Waals surface area contributed by atoms with Crippen LogP contribution in [0.2, 0.25) is 0 Å². The summed E-state index contributed by atoms with van der Waals surface area (Å²) in [6.07, 6.45) is 5.15. The molecule has 0 fully saturated rings. The Morgan fingerprint density at radius 3 is 3.09 bits per heavy atom. The van der Waals surface area contributed by atoms with E-state index < -0.39 is 0 Å². The van der Waals surface area contributed by atoms with E-state index in [0.717, 1.165) is 16.9 Å². The summed E-state index contributed by atoms with van der Waals surface area (Å²) in [4.78, 5) is 8.85. The lowest BCUT2D eigenvalue weighted by atomic mass is 10.2. The number of aromatic nitrogens is 4. The molecule has 0 aliphatic rings. The van der Waals surface area contributed by atoms with E-state index in [1.165, 1.54) is 0 Å². The van der Waals surface area contributed by atoms with Gasteiger partial charge in [-0.15, -0.1) is 0 Å². The number of fused-ring (bicyclic) bond motifs is 1. The van der Waals surface area contributed by atoms with Crippen LogP contribution in [0.4, 0.5) is 5.82 Å². The topological polar surface area (TPSA) is 88.1 Å². The van der Waals surface area contributed by atoms with Crippen LogP contribution in [-0.4, -0.2) is 39.3 Å². The van der Waals surface area contributed by atoms with Gasteiger partial charge in [-0.1, -0.05) is 0 Å². The minimum absolute atomic E-state index is 0.136. The molecule has 3 heterocycles. The Morgan fingerprint density at radius 2 is 2.30 bits per heavy atom. The molecule has 3 aromatic heterocycles. The average Bonchev–Trinajstić information content (AvgIpc) is 2.98. The summed E-state index contributed by atoms with van der Waals surface area (Å²) in [7, 11) is 1.66. The van der Waals surface area contributed by atoms with Gasteiger partial charge in [-0.3, -0.25) is 0 Å². The van der Waals surface area contributed by atoms with Crippen molar-refractivity contribution in [3.05, 3.63) is 42.4 Å². The predicted octanol–water partition coefficient (Wildman–Crippen LogP) is 2.11. The Morgan fingerprint density at radius 1 is 1.43 bits per heavy atom. The first-order valence-corrected chi connectivity index (χ1v) is 7.17. The Bertz CT molecular complexity index is 866. The molecule has 3 aromatic rings. The Balaban J connectivity index is 1.97. The van der Waals surface area contributed by atoms with Crippen molar-refractivity contribution in [1.29, 1.82) is 5.26 Å². The zero-order valence-corrected chi connectivity index (χ0v) is 12.9. The quantitative estimate of drug-likeness (QED) is 0.776. The van der Waals surface area contributed by atoms with Gasteiger partial charge in [0.2, 0.25) is 0 Å². The summed E-state index contributed by atoms with van der Waals surface area (Å²) in [6.45, 7) is 2.60. The van der Waals surface area contributed by atoms with Crippen molar-refractivity contribution >= 4 is 11.3 Å². The van der Waals surface area contributed by atoms with E-state index in [9.17, 15) is 0 Å². The van der Waals surface area contributed by atoms with Gasteiger partial charge in [-0.05, 0) is 25.1 Å². The van der Waals surface area contributed by atoms with Gasteiger partial charge in [0, 0.05) is 25.5 Å². The lowest BCUT2D eigenvalue weighted by molar-refractivity contribution is 0.190. The number of methoxy groups -OCH3 is 1. The molecular weight excluding hydrogens is 292 g/mol. The van der Waals surface area contributed by atoms with Crippen LogP contribution < -0.4 is 5.32 Å². The maximum Gasteiger partial charge on any atom is 0.165 e. The van der Waals surface area contributed by atoms with Gasteiger partial charge in [-0.2, -0.15) is 10.4 Å². The van der Waals surface area contributed by atoms with Crippen LogP contribution in [0, 0.1) is 11.3 Å². The second-order valence-electron chi connectivity index (χ2n) is 5.18. The van der Waals surface area contributed by atoms with Gasteiger partial charge < -0.3 is 10.1 Å². The van der Waals surface area contributed by atoms with Crippen molar-refractivity contribution in [2.75, 3.05) is 19.0 Å². The standard InChI is InChI=1S/C16H16N6O/c1-11(10-23-2)20-15-3-5-18-16(21-15)13-9-19-22-6-4-12(8-17)7-14(13)22/h3-7,9,11H,10H2,1-2H3,(H,18,20,21). The van der Waals surface area contributed by atoms with Crippen molar-refractivity contribution in [2.45, 2.75) is 13.0 Å². The lowest BCUT2D eigenvalue weighted by Gasteiger charge is -2.13. The normalized spacial score (nSPS) is 12.0. The minimum Gasteiger partial charge on any atom is -0.383 e. The molecule has 116 valence electrons. The van der Waals surface area contributed by atoms with E-state index in [2.05, 4.69) is 26.5 Å². The molecule has 1 unspecified atom stereocenters. The number of anilines is 1. The van der Waals surface area contributed by atoms with Crippen molar-refractivity contribution < 1.29 is 4.74 Å². The van der Waals surface area contributed by atoms with Crippen LogP contribution in [0.5, 0.6) is 0 Å². The molecular formula is C16H16N6O. The molecule has 1 atom stereocenters. The van der Waals surface area contributed by atoms with Gasteiger partial charge in [0.1, 0.15) is 5.82 Å². The number of nitrogens with one attached hydrogen (secondary N) is 1. The van der Waals surface area contributed by atoms with Crippen molar-refractivity contribution in [2.24, 2.45) is 0 Å². The highest BCUT2D eigenvalue weighted by molar-refractivity contribution is 5.77. The van der Waals surface area contributed by atoms with Gasteiger partial charge in [0.25, 0.3) is 0 Å². The molecule has 0 aliphatic carbocycles. The van der Waals surface area contributed by atoms with Gasteiger partial charge in [0.15, 0.2) is 5.82 Å². The Hall–Kier alpha value is -2.98. The summed E-state index contributed by atoms with van der Waals surface area (Å²) >= 11 is 0. The van der Waals surface area contributed by atoms with E-state index in [4.69, 9.17) is 10.00 Å². The van der Waals surface area contributed by atoms with Gasteiger partial charge in [-0.25, -0.2) is 14.5 Å². The van der Waals surface area contributed by atoms with Crippen LogP contribution in [0.15, 0.2) is 36.8 Å². The summed E-state index contributed by atoms with van der Waals surface area (Å²) in [5.74, 6) is 1.28.